The molecule has 96 valence electrons. The molecule has 18 heavy (non-hydrogen) atoms. The number of aryl methyl sites for hydroxylation is 1. The van der Waals surface area contributed by atoms with Crippen LogP contribution in [0.25, 0.3) is 10.2 Å². The van der Waals surface area contributed by atoms with Crippen molar-refractivity contribution in [3.05, 3.63) is 16.3 Å². The van der Waals surface area contributed by atoms with Crippen LogP contribution in [0.3, 0.4) is 0 Å². The predicted molar refractivity (Wildman–Crippen MR) is 76.3 cm³/mol. The largest absolute Gasteiger partial charge is 0.369 e. The van der Waals surface area contributed by atoms with Crippen molar-refractivity contribution in [3.8, 4) is 0 Å². The quantitative estimate of drug-likeness (QED) is 0.892. The van der Waals surface area contributed by atoms with Gasteiger partial charge < -0.3 is 10.6 Å². The van der Waals surface area contributed by atoms with E-state index in [0.29, 0.717) is 0 Å². The molecule has 3 rings (SSSR count). The molecule has 0 spiro atoms. The van der Waals surface area contributed by atoms with Gasteiger partial charge in [-0.25, -0.2) is 9.97 Å². The standard InChI is InChI=1S/C13H18N4S/c1-3-5-15-12-11-9-4-6-14-7-10(9)18-13(11)17-8(2)16-12/h14H,3-7H2,1-2H3,(H,15,16,17). The third kappa shape index (κ3) is 1.97. The Balaban J connectivity index is 2.16. The summed E-state index contributed by atoms with van der Waals surface area (Å²) in [6.07, 6.45) is 2.20. The van der Waals surface area contributed by atoms with Crippen molar-refractivity contribution in [1.29, 1.82) is 0 Å². The first kappa shape index (κ1) is 11.9. The first-order valence-corrected chi connectivity index (χ1v) is 7.34. The van der Waals surface area contributed by atoms with Crippen LogP contribution >= 0.6 is 11.3 Å². The van der Waals surface area contributed by atoms with Crippen molar-refractivity contribution in [3.63, 3.8) is 0 Å². The van der Waals surface area contributed by atoms with Gasteiger partial charge in [-0.2, -0.15) is 0 Å². The lowest BCUT2D eigenvalue weighted by Crippen LogP contribution is -2.22. The van der Waals surface area contributed by atoms with Gasteiger partial charge >= 0.3 is 0 Å². The second-order valence-electron chi connectivity index (χ2n) is 4.66. The molecule has 2 aromatic heterocycles. The number of thiophene rings is 1. The maximum atomic E-state index is 4.59. The molecule has 0 aromatic carbocycles. The summed E-state index contributed by atoms with van der Waals surface area (Å²) in [6.45, 7) is 7.13. The number of fused-ring (bicyclic) bond motifs is 3. The number of anilines is 1. The van der Waals surface area contributed by atoms with E-state index < -0.39 is 0 Å². The SMILES string of the molecule is CCCNc1nc(C)nc2sc3c(c12)CCNC3. The van der Waals surface area contributed by atoms with Crippen LogP contribution in [-0.2, 0) is 13.0 Å². The van der Waals surface area contributed by atoms with Crippen molar-refractivity contribution in [2.24, 2.45) is 0 Å². The number of rotatable bonds is 3. The van der Waals surface area contributed by atoms with E-state index in [1.807, 2.05) is 18.3 Å². The van der Waals surface area contributed by atoms with Crippen molar-refractivity contribution < 1.29 is 0 Å². The summed E-state index contributed by atoms with van der Waals surface area (Å²) in [6, 6.07) is 0. The van der Waals surface area contributed by atoms with Crippen LogP contribution in [0.15, 0.2) is 0 Å². The fourth-order valence-corrected chi connectivity index (χ4v) is 3.64. The molecule has 4 nitrogen and oxygen atoms in total. The van der Waals surface area contributed by atoms with Crippen molar-refractivity contribution in [2.75, 3.05) is 18.4 Å². The number of nitrogens with zero attached hydrogens (tertiary/aromatic N) is 2. The maximum Gasteiger partial charge on any atom is 0.138 e. The van der Waals surface area contributed by atoms with E-state index in [1.165, 1.54) is 15.8 Å². The minimum atomic E-state index is 0.854. The third-order valence-electron chi connectivity index (χ3n) is 3.23. The lowest BCUT2D eigenvalue weighted by Gasteiger charge is -2.13. The first-order valence-electron chi connectivity index (χ1n) is 6.53. The average molecular weight is 262 g/mol. The highest BCUT2D eigenvalue weighted by molar-refractivity contribution is 7.19. The monoisotopic (exact) mass is 262 g/mol. The van der Waals surface area contributed by atoms with Gasteiger partial charge in [-0.1, -0.05) is 6.92 Å². The molecule has 0 aliphatic carbocycles. The predicted octanol–water partition coefficient (Wildman–Crippen LogP) is 2.47. The van der Waals surface area contributed by atoms with E-state index in [1.54, 1.807) is 0 Å². The summed E-state index contributed by atoms with van der Waals surface area (Å²) in [4.78, 5) is 11.7. The summed E-state index contributed by atoms with van der Waals surface area (Å²) in [7, 11) is 0. The van der Waals surface area contributed by atoms with E-state index in [0.717, 1.165) is 48.9 Å². The Kier molecular flexibility index (Phi) is 3.18. The van der Waals surface area contributed by atoms with Gasteiger partial charge in [0.05, 0.1) is 5.39 Å². The van der Waals surface area contributed by atoms with Crippen LogP contribution in [-0.4, -0.2) is 23.1 Å². The zero-order chi connectivity index (χ0) is 12.5. The van der Waals surface area contributed by atoms with Gasteiger partial charge in [0.25, 0.3) is 0 Å². The Bertz CT molecular complexity index is 576. The van der Waals surface area contributed by atoms with Crippen LogP contribution in [0.2, 0.25) is 0 Å². The van der Waals surface area contributed by atoms with Crippen molar-refractivity contribution in [2.45, 2.75) is 33.2 Å². The highest BCUT2D eigenvalue weighted by Crippen LogP contribution is 2.35. The minimum Gasteiger partial charge on any atom is -0.369 e. The molecule has 0 saturated carbocycles. The number of aromatic nitrogens is 2. The number of hydrogen-bond donors (Lipinski definition) is 2. The van der Waals surface area contributed by atoms with Crippen LogP contribution in [0.1, 0.15) is 29.6 Å². The second-order valence-corrected chi connectivity index (χ2v) is 5.74. The molecular weight excluding hydrogens is 244 g/mol. The highest BCUT2D eigenvalue weighted by Gasteiger charge is 2.19. The van der Waals surface area contributed by atoms with Gasteiger partial charge in [-0.05, 0) is 31.9 Å². The Morgan fingerprint density at radius 1 is 1.39 bits per heavy atom. The van der Waals surface area contributed by atoms with Crippen LogP contribution in [0.4, 0.5) is 5.82 Å². The molecule has 5 heteroatoms. The zero-order valence-corrected chi connectivity index (χ0v) is 11.7. The van der Waals surface area contributed by atoms with Crippen LogP contribution < -0.4 is 10.6 Å². The molecule has 1 aliphatic rings. The van der Waals surface area contributed by atoms with Crippen molar-refractivity contribution in [1.82, 2.24) is 15.3 Å². The summed E-state index contributed by atoms with van der Waals surface area (Å²) >= 11 is 1.81. The number of hydrogen-bond acceptors (Lipinski definition) is 5. The van der Waals surface area contributed by atoms with E-state index in [-0.39, 0.29) is 0 Å². The van der Waals surface area contributed by atoms with Gasteiger partial charge in [0, 0.05) is 18.0 Å². The first-order chi connectivity index (χ1) is 8.79. The second kappa shape index (κ2) is 4.82. The molecule has 2 N–H and O–H groups in total. The Labute approximate surface area is 111 Å². The summed E-state index contributed by atoms with van der Waals surface area (Å²) < 4.78 is 0. The fourth-order valence-electron chi connectivity index (χ4n) is 2.40. The van der Waals surface area contributed by atoms with E-state index >= 15 is 0 Å². The maximum absolute atomic E-state index is 4.59. The van der Waals surface area contributed by atoms with Crippen LogP contribution in [0, 0.1) is 6.92 Å². The van der Waals surface area contributed by atoms with E-state index in [2.05, 4.69) is 27.5 Å². The van der Waals surface area contributed by atoms with Crippen LogP contribution in [0.5, 0.6) is 0 Å². The van der Waals surface area contributed by atoms with Gasteiger partial charge in [0.15, 0.2) is 0 Å². The summed E-state index contributed by atoms with van der Waals surface area (Å²) in [5.74, 6) is 1.88. The number of nitrogens with one attached hydrogen (secondary N) is 2. The lowest BCUT2D eigenvalue weighted by atomic mass is 10.1. The van der Waals surface area contributed by atoms with Crippen molar-refractivity contribution >= 4 is 27.4 Å². The molecule has 3 heterocycles. The topological polar surface area (TPSA) is 49.8 Å². The van der Waals surface area contributed by atoms with Gasteiger partial charge in [0.2, 0.25) is 0 Å². The molecule has 0 atom stereocenters. The van der Waals surface area contributed by atoms with E-state index in [9.17, 15) is 0 Å². The fraction of sp³-hybridized carbons (Fsp3) is 0.538. The smallest absolute Gasteiger partial charge is 0.138 e. The molecular formula is C13H18N4S. The molecule has 0 radical (unpaired) electrons. The zero-order valence-electron chi connectivity index (χ0n) is 10.8. The molecule has 0 bridgehead atoms. The Morgan fingerprint density at radius 3 is 3.11 bits per heavy atom. The molecule has 0 unspecified atom stereocenters. The Hall–Kier alpha value is -1.20. The molecule has 2 aromatic rings. The van der Waals surface area contributed by atoms with E-state index in [4.69, 9.17) is 0 Å². The summed E-state index contributed by atoms with van der Waals surface area (Å²) in [5, 5.41) is 8.13. The highest BCUT2D eigenvalue weighted by atomic mass is 32.1. The van der Waals surface area contributed by atoms with Gasteiger partial charge in [-0.15, -0.1) is 11.3 Å². The van der Waals surface area contributed by atoms with Gasteiger partial charge in [0.1, 0.15) is 16.5 Å². The molecule has 0 amide bonds. The molecule has 0 fully saturated rings. The molecule has 0 saturated heterocycles. The average Bonchev–Trinajstić information content (AvgIpc) is 2.73. The Morgan fingerprint density at radius 2 is 2.28 bits per heavy atom. The third-order valence-corrected chi connectivity index (χ3v) is 4.35. The van der Waals surface area contributed by atoms with Gasteiger partial charge in [-0.3, -0.25) is 0 Å². The lowest BCUT2D eigenvalue weighted by molar-refractivity contribution is 0.657. The summed E-state index contributed by atoms with van der Waals surface area (Å²) in [5.41, 5.74) is 1.45. The normalized spacial score (nSPS) is 14.8. The molecule has 1 aliphatic heterocycles. The minimum absolute atomic E-state index is 0.854.